The minimum atomic E-state index is 0. The van der Waals surface area contributed by atoms with E-state index in [9.17, 15) is 0 Å². The summed E-state index contributed by atoms with van der Waals surface area (Å²) in [6, 6.07) is 2.01. The van der Waals surface area contributed by atoms with Crippen molar-refractivity contribution in [1.29, 1.82) is 0 Å². The van der Waals surface area contributed by atoms with Crippen LogP contribution in [0.25, 0.3) is 11.0 Å². The summed E-state index contributed by atoms with van der Waals surface area (Å²) in [6.45, 7) is 4.04. The zero-order chi connectivity index (χ0) is 11.0. The van der Waals surface area contributed by atoms with E-state index in [1.165, 1.54) is 0 Å². The van der Waals surface area contributed by atoms with Crippen LogP contribution in [0.15, 0.2) is 18.6 Å². The molecule has 1 fully saturated rings. The number of imidazole rings is 1. The number of piperazine rings is 1. The minimum Gasteiger partial charge on any atom is -0.352 e. The maximum Gasteiger partial charge on any atom is 0.156 e. The van der Waals surface area contributed by atoms with Gasteiger partial charge in [-0.3, -0.25) is 0 Å². The van der Waals surface area contributed by atoms with Crippen molar-refractivity contribution in [3.05, 3.63) is 18.6 Å². The van der Waals surface area contributed by atoms with Gasteiger partial charge in [0.15, 0.2) is 5.82 Å². The van der Waals surface area contributed by atoms with Crippen molar-refractivity contribution in [2.24, 2.45) is 7.05 Å². The normalized spacial score (nSPS) is 15.9. The van der Waals surface area contributed by atoms with E-state index >= 15 is 0 Å². The van der Waals surface area contributed by atoms with Crippen molar-refractivity contribution < 1.29 is 0 Å². The molecule has 0 atom stereocenters. The van der Waals surface area contributed by atoms with Crippen molar-refractivity contribution >= 4 is 29.3 Å². The fourth-order valence-electron chi connectivity index (χ4n) is 2.16. The largest absolute Gasteiger partial charge is 0.352 e. The van der Waals surface area contributed by atoms with E-state index in [4.69, 9.17) is 0 Å². The molecule has 0 unspecified atom stereocenters. The summed E-state index contributed by atoms with van der Waals surface area (Å²) in [4.78, 5) is 11.2. The van der Waals surface area contributed by atoms with Crippen molar-refractivity contribution in [3.8, 4) is 0 Å². The Morgan fingerprint density at radius 1 is 1.24 bits per heavy atom. The first-order valence-electron chi connectivity index (χ1n) is 5.58. The number of hydrogen-bond donors (Lipinski definition) is 1. The highest BCUT2D eigenvalue weighted by Gasteiger charge is 2.16. The Morgan fingerprint density at radius 2 is 2.00 bits per heavy atom. The second-order valence-electron chi connectivity index (χ2n) is 4.09. The molecule has 3 rings (SSSR count). The van der Waals surface area contributed by atoms with Crippen LogP contribution >= 0.6 is 12.4 Å². The van der Waals surface area contributed by atoms with Crippen LogP contribution < -0.4 is 10.2 Å². The molecule has 0 amide bonds. The van der Waals surface area contributed by atoms with E-state index in [1.807, 2.05) is 30.2 Å². The number of fused-ring (bicyclic) bond motifs is 1. The minimum absolute atomic E-state index is 0. The average molecular weight is 254 g/mol. The third kappa shape index (κ3) is 2.08. The predicted molar refractivity (Wildman–Crippen MR) is 70.8 cm³/mol. The molecule has 0 aliphatic carbocycles. The molecule has 0 bridgehead atoms. The lowest BCUT2D eigenvalue weighted by atomic mass is 10.3. The molecule has 5 nitrogen and oxygen atoms in total. The molecule has 1 aliphatic heterocycles. The predicted octanol–water partition coefficient (Wildman–Crippen LogP) is 0.800. The van der Waals surface area contributed by atoms with Gasteiger partial charge >= 0.3 is 0 Å². The molecule has 0 aromatic carbocycles. The Labute approximate surface area is 106 Å². The van der Waals surface area contributed by atoms with Crippen LogP contribution in [0.5, 0.6) is 0 Å². The van der Waals surface area contributed by atoms with Gasteiger partial charge in [0, 0.05) is 39.4 Å². The number of anilines is 1. The number of aromatic nitrogens is 3. The van der Waals surface area contributed by atoms with Crippen molar-refractivity contribution in [3.63, 3.8) is 0 Å². The Hall–Kier alpha value is -1.33. The lowest BCUT2D eigenvalue weighted by Gasteiger charge is -2.28. The van der Waals surface area contributed by atoms with Crippen LogP contribution in [0.3, 0.4) is 0 Å². The van der Waals surface area contributed by atoms with Gasteiger partial charge in [0.2, 0.25) is 0 Å². The number of rotatable bonds is 1. The van der Waals surface area contributed by atoms with Crippen molar-refractivity contribution in [2.75, 3.05) is 31.1 Å². The Balaban J connectivity index is 0.00000108. The molecule has 1 N–H and O–H groups in total. The van der Waals surface area contributed by atoms with Crippen LogP contribution in [0.1, 0.15) is 0 Å². The van der Waals surface area contributed by atoms with Gasteiger partial charge in [-0.05, 0) is 6.07 Å². The van der Waals surface area contributed by atoms with Crippen LogP contribution in [0.4, 0.5) is 5.82 Å². The summed E-state index contributed by atoms with van der Waals surface area (Å²) < 4.78 is 2.03. The standard InChI is InChI=1S/C11H15N5.ClH/c1-15-8-14-10-9(15)2-3-13-11(10)16-6-4-12-5-7-16;/h2-3,8,12H,4-7H2,1H3;1H. The second-order valence-corrected chi connectivity index (χ2v) is 4.09. The summed E-state index contributed by atoms with van der Waals surface area (Å²) in [5.74, 6) is 1.01. The first-order chi connectivity index (χ1) is 7.86. The summed E-state index contributed by atoms with van der Waals surface area (Å²) >= 11 is 0. The monoisotopic (exact) mass is 253 g/mol. The van der Waals surface area contributed by atoms with Gasteiger partial charge < -0.3 is 14.8 Å². The summed E-state index contributed by atoms with van der Waals surface area (Å²) in [6.07, 6.45) is 3.71. The van der Waals surface area contributed by atoms with Gasteiger partial charge in [-0.25, -0.2) is 9.97 Å². The highest BCUT2D eigenvalue weighted by Crippen LogP contribution is 2.22. The van der Waals surface area contributed by atoms with Crippen LogP contribution in [0, 0.1) is 0 Å². The van der Waals surface area contributed by atoms with Crippen LogP contribution in [-0.4, -0.2) is 40.7 Å². The van der Waals surface area contributed by atoms with Gasteiger partial charge in [0.05, 0.1) is 11.8 Å². The molecular weight excluding hydrogens is 238 g/mol. The van der Waals surface area contributed by atoms with Gasteiger partial charge in [0.1, 0.15) is 5.52 Å². The SMILES string of the molecule is Cl.Cn1cnc2c(N3CCNCC3)nccc21. The Kier molecular flexibility index (Phi) is 3.49. The Bertz CT molecular complexity index is 504. The number of aryl methyl sites for hydroxylation is 1. The molecule has 92 valence electrons. The number of nitrogens with one attached hydrogen (secondary N) is 1. The third-order valence-electron chi connectivity index (χ3n) is 3.04. The third-order valence-corrected chi connectivity index (χ3v) is 3.04. The van der Waals surface area contributed by atoms with Gasteiger partial charge in [-0.2, -0.15) is 0 Å². The maximum absolute atomic E-state index is 4.47. The average Bonchev–Trinajstić information content (AvgIpc) is 2.73. The number of hydrogen-bond acceptors (Lipinski definition) is 4. The molecule has 3 heterocycles. The molecule has 17 heavy (non-hydrogen) atoms. The van der Waals surface area contributed by atoms with Crippen LogP contribution in [-0.2, 0) is 7.05 Å². The van der Waals surface area contributed by atoms with E-state index in [0.717, 1.165) is 43.0 Å². The fourth-order valence-corrected chi connectivity index (χ4v) is 2.16. The van der Waals surface area contributed by atoms with E-state index in [-0.39, 0.29) is 12.4 Å². The molecule has 1 saturated heterocycles. The highest BCUT2D eigenvalue weighted by molar-refractivity contribution is 5.86. The lowest BCUT2D eigenvalue weighted by Crippen LogP contribution is -2.44. The molecule has 0 spiro atoms. The molecule has 2 aromatic rings. The zero-order valence-corrected chi connectivity index (χ0v) is 10.6. The van der Waals surface area contributed by atoms with E-state index in [2.05, 4.69) is 20.2 Å². The van der Waals surface area contributed by atoms with Crippen molar-refractivity contribution in [2.45, 2.75) is 0 Å². The summed E-state index contributed by atoms with van der Waals surface area (Å²) in [5, 5.41) is 3.34. The van der Waals surface area contributed by atoms with Crippen LogP contribution in [0.2, 0.25) is 0 Å². The summed E-state index contributed by atoms with van der Waals surface area (Å²) in [7, 11) is 2.01. The smallest absolute Gasteiger partial charge is 0.156 e. The first-order valence-corrected chi connectivity index (χ1v) is 5.58. The van der Waals surface area contributed by atoms with E-state index < -0.39 is 0 Å². The maximum atomic E-state index is 4.47. The second kappa shape index (κ2) is 4.89. The quantitative estimate of drug-likeness (QED) is 0.817. The molecule has 1 aliphatic rings. The van der Waals surface area contributed by atoms with Gasteiger partial charge in [-0.1, -0.05) is 0 Å². The van der Waals surface area contributed by atoms with Gasteiger partial charge in [-0.15, -0.1) is 12.4 Å². The van der Waals surface area contributed by atoms with Crippen molar-refractivity contribution in [1.82, 2.24) is 19.9 Å². The number of pyridine rings is 1. The fraction of sp³-hybridized carbons (Fsp3) is 0.455. The molecule has 0 saturated carbocycles. The molecular formula is C11H16ClN5. The van der Waals surface area contributed by atoms with E-state index in [1.54, 1.807) is 0 Å². The molecule has 6 heteroatoms. The lowest BCUT2D eigenvalue weighted by molar-refractivity contribution is 0.586. The molecule has 2 aromatic heterocycles. The van der Waals surface area contributed by atoms with E-state index in [0.29, 0.717) is 0 Å². The zero-order valence-electron chi connectivity index (χ0n) is 9.76. The first kappa shape index (κ1) is 12.1. The highest BCUT2D eigenvalue weighted by atomic mass is 35.5. The topological polar surface area (TPSA) is 46.0 Å². The van der Waals surface area contributed by atoms with Gasteiger partial charge in [0.25, 0.3) is 0 Å². The Morgan fingerprint density at radius 3 is 2.76 bits per heavy atom. The number of halogens is 1. The summed E-state index contributed by atoms with van der Waals surface area (Å²) in [5.41, 5.74) is 2.15. The number of nitrogens with zero attached hydrogens (tertiary/aromatic N) is 4. The molecule has 0 radical (unpaired) electrons.